The number of rotatable bonds is 7. The molecule has 8 nitrogen and oxygen atoms in total. The van der Waals surface area contributed by atoms with Gasteiger partial charge in [-0.05, 0) is 62.5 Å². The molecule has 1 aromatic carbocycles. The van der Waals surface area contributed by atoms with Crippen molar-refractivity contribution in [1.82, 2.24) is 15.2 Å². The molecule has 1 aromatic heterocycles. The molecule has 0 radical (unpaired) electrons. The van der Waals surface area contributed by atoms with Crippen LogP contribution in [0.2, 0.25) is 0 Å². The lowest BCUT2D eigenvalue weighted by Crippen LogP contribution is -2.49. The summed E-state index contributed by atoms with van der Waals surface area (Å²) in [5.74, 6) is -0.691. The second-order valence-electron chi connectivity index (χ2n) is 9.57. The van der Waals surface area contributed by atoms with Crippen LogP contribution >= 0.6 is 12.4 Å². The maximum absolute atomic E-state index is 12.9. The molecule has 9 heteroatoms. The van der Waals surface area contributed by atoms with Crippen LogP contribution in [0.15, 0.2) is 30.5 Å². The quantitative estimate of drug-likeness (QED) is 0.474. The van der Waals surface area contributed by atoms with Crippen molar-refractivity contribution in [2.24, 2.45) is 23.5 Å². The maximum Gasteiger partial charge on any atom is 0.306 e. The van der Waals surface area contributed by atoms with Crippen LogP contribution in [-0.2, 0) is 20.8 Å². The lowest BCUT2D eigenvalue weighted by atomic mass is 9.82. The first-order valence-electron chi connectivity index (χ1n) is 12.0. The molecule has 2 aliphatic rings. The van der Waals surface area contributed by atoms with Crippen molar-refractivity contribution < 1.29 is 19.5 Å². The van der Waals surface area contributed by atoms with E-state index in [0.717, 1.165) is 29.3 Å². The van der Waals surface area contributed by atoms with Crippen LogP contribution in [-0.4, -0.2) is 58.5 Å². The zero-order chi connectivity index (χ0) is 23.4. The molecule has 5 N–H and O–H groups in total. The molecule has 2 aromatic rings. The van der Waals surface area contributed by atoms with Crippen LogP contribution in [0.3, 0.4) is 0 Å². The number of carboxylic acids is 1. The van der Waals surface area contributed by atoms with Crippen molar-refractivity contribution in [3.63, 3.8) is 0 Å². The Morgan fingerprint density at radius 1 is 1.06 bits per heavy atom. The Balaban J connectivity index is 0.00000324. The molecule has 34 heavy (non-hydrogen) atoms. The van der Waals surface area contributed by atoms with Crippen molar-refractivity contribution in [2.45, 2.75) is 51.0 Å². The highest BCUT2D eigenvalue weighted by Gasteiger charge is 2.31. The number of halogens is 1. The van der Waals surface area contributed by atoms with Gasteiger partial charge in [0.1, 0.15) is 0 Å². The summed E-state index contributed by atoms with van der Waals surface area (Å²) >= 11 is 0. The number of aliphatic carboxylic acids is 1. The standard InChI is InChI=1S/C25H34N4O4.ClH/c26-21(13-19-15-27-22-4-2-1-3-20(19)22)24(31)29-11-9-17(10-12-29)23(30)28-14-16-5-7-18(8-6-16)25(32)33;/h1-4,15-18,21,27H,5-14,26H2,(H,28,30)(H,32,33);1H/t16?,18?,21-;/m0./s1. The van der Waals surface area contributed by atoms with Crippen molar-refractivity contribution in [1.29, 1.82) is 0 Å². The van der Waals surface area contributed by atoms with Crippen LogP contribution < -0.4 is 11.1 Å². The second-order valence-corrected chi connectivity index (χ2v) is 9.57. The minimum Gasteiger partial charge on any atom is -0.481 e. The summed E-state index contributed by atoms with van der Waals surface area (Å²) in [6.07, 6.45) is 6.75. The van der Waals surface area contributed by atoms with Crippen LogP contribution in [0.4, 0.5) is 0 Å². The molecule has 1 aliphatic carbocycles. The number of hydrogen-bond donors (Lipinski definition) is 4. The second kappa shape index (κ2) is 11.7. The highest BCUT2D eigenvalue weighted by molar-refractivity contribution is 5.86. The van der Waals surface area contributed by atoms with E-state index >= 15 is 0 Å². The predicted molar refractivity (Wildman–Crippen MR) is 133 cm³/mol. The van der Waals surface area contributed by atoms with Gasteiger partial charge in [-0.15, -0.1) is 12.4 Å². The summed E-state index contributed by atoms with van der Waals surface area (Å²) in [4.78, 5) is 41.6. The number of nitrogens with one attached hydrogen (secondary N) is 2. The number of benzene rings is 1. The number of hydrogen-bond acceptors (Lipinski definition) is 4. The van der Waals surface area contributed by atoms with Gasteiger partial charge in [-0.2, -0.15) is 0 Å². The number of carbonyl (C=O) groups excluding carboxylic acids is 2. The number of aromatic amines is 1. The third kappa shape index (κ3) is 6.10. The minimum absolute atomic E-state index is 0. The molecule has 4 rings (SSSR count). The Hall–Kier alpha value is -2.58. The monoisotopic (exact) mass is 490 g/mol. The molecule has 1 atom stereocenters. The van der Waals surface area contributed by atoms with E-state index in [0.29, 0.717) is 57.7 Å². The highest BCUT2D eigenvalue weighted by atomic mass is 35.5. The van der Waals surface area contributed by atoms with Crippen molar-refractivity contribution in [2.75, 3.05) is 19.6 Å². The smallest absolute Gasteiger partial charge is 0.306 e. The Bertz CT molecular complexity index is 994. The van der Waals surface area contributed by atoms with Gasteiger partial charge in [0.2, 0.25) is 11.8 Å². The lowest BCUT2D eigenvalue weighted by Gasteiger charge is -2.33. The number of para-hydroxylation sites is 1. The molecule has 2 amide bonds. The van der Waals surface area contributed by atoms with Crippen molar-refractivity contribution in [3.05, 3.63) is 36.0 Å². The van der Waals surface area contributed by atoms with Gasteiger partial charge >= 0.3 is 5.97 Å². The molecule has 1 saturated carbocycles. The minimum atomic E-state index is -0.708. The zero-order valence-corrected chi connectivity index (χ0v) is 20.2. The fourth-order valence-electron chi connectivity index (χ4n) is 5.22. The summed E-state index contributed by atoms with van der Waals surface area (Å²) in [5, 5.41) is 13.3. The molecule has 2 heterocycles. The average Bonchev–Trinajstić information content (AvgIpc) is 3.25. The van der Waals surface area contributed by atoms with E-state index in [9.17, 15) is 14.4 Å². The van der Waals surface area contributed by atoms with Crippen LogP contribution in [0, 0.1) is 17.8 Å². The number of fused-ring (bicyclic) bond motifs is 1. The van der Waals surface area contributed by atoms with Gasteiger partial charge in [0.15, 0.2) is 0 Å². The number of nitrogens with zero attached hydrogens (tertiary/aromatic N) is 1. The zero-order valence-electron chi connectivity index (χ0n) is 19.4. The van der Waals surface area contributed by atoms with E-state index in [1.165, 1.54) is 0 Å². The molecule has 0 spiro atoms. The third-order valence-electron chi connectivity index (χ3n) is 7.37. The predicted octanol–water partition coefficient (Wildman–Crippen LogP) is 2.71. The molecule has 186 valence electrons. The first-order valence-corrected chi connectivity index (χ1v) is 12.0. The number of amides is 2. The average molecular weight is 491 g/mol. The van der Waals surface area contributed by atoms with Crippen molar-refractivity contribution in [3.8, 4) is 0 Å². The van der Waals surface area contributed by atoms with E-state index < -0.39 is 12.0 Å². The first-order chi connectivity index (χ1) is 15.9. The van der Waals surface area contributed by atoms with E-state index in [1.54, 1.807) is 4.90 Å². The molecule has 2 fully saturated rings. The Morgan fingerprint density at radius 3 is 2.41 bits per heavy atom. The van der Waals surface area contributed by atoms with Crippen LogP contribution in [0.5, 0.6) is 0 Å². The van der Waals surface area contributed by atoms with E-state index in [2.05, 4.69) is 10.3 Å². The number of likely N-dealkylation sites (tertiary alicyclic amines) is 1. The Kier molecular flexibility index (Phi) is 8.97. The SMILES string of the molecule is Cl.N[C@@H](Cc1c[nH]c2ccccc12)C(=O)N1CCC(C(=O)NCC2CCC(C(=O)O)CC2)CC1. The lowest BCUT2D eigenvalue weighted by molar-refractivity contribution is -0.143. The molecular formula is C25H35ClN4O4. The molecular weight excluding hydrogens is 456 g/mol. The number of nitrogens with two attached hydrogens (primary N) is 1. The molecule has 0 unspecified atom stereocenters. The normalized spacial score (nSPS) is 22.1. The number of H-pyrrole nitrogens is 1. The topological polar surface area (TPSA) is 129 Å². The van der Waals surface area contributed by atoms with Crippen LogP contribution in [0.1, 0.15) is 44.1 Å². The Morgan fingerprint density at radius 2 is 1.74 bits per heavy atom. The summed E-state index contributed by atoms with van der Waals surface area (Å²) in [6, 6.07) is 7.38. The Labute approximate surface area is 206 Å². The first kappa shape index (κ1) is 26.0. The van der Waals surface area contributed by atoms with Gasteiger partial charge in [0.05, 0.1) is 12.0 Å². The number of piperidine rings is 1. The number of carbonyl (C=O) groups is 3. The van der Waals surface area contributed by atoms with E-state index in [1.807, 2.05) is 30.5 Å². The maximum atomic E-state index is 12.9. The van der Waals surface area contributed by atoms with Gasteiger partial charge < -0.3 is 26.0 Å². The van der Waals surface area contributed by atoms with Gasteiger partial charge in [-0.1, -0.05) is 18.2 Å². The van der Waals surface area contributed by atoms with E-state index in [4.69, 9.17) is 10.8 Å². The fraction of sp³-hybridized carbons (Fsp3) is 0.560. The van der Waals surface area contributed by atoms with E-state index in [-0.39, 0.29) is 36.1 Å². The molecule has 1 aliphatic heterocycles. The summed E-state index contributed by atoms with van der Waals surface area (Å²) in [7, 11) is 0. The van der Waals surface area contributed by atoms with Gasteiger partial charge in [-0.3, -0.25) is 14.4 Å². The summed E-state index contributed by atoms with van der Waals surface area (Å²) in [6.45, 7) is 1.70. The fourth-order valence-corrected chi connectivity index (χ4v) is 5.22. The van der Waals surface area contributed by atoms with Gasteiger partial charge in [-0.25, -0.2) is 0 Å². The molecule has 1 saturated heterocycles. The van der Waals surface area contributed by atoms with Crippen molar-refractivity contribution >= 4 is 41.1 Å². The number of carboxylic acid groups (broad SMARTS) is 1. The largest absolute Gasteiger partial charge is 0.481 e. The summed E-state index contributed by atoms with van der Waals surface area (Å²) < 4.78 is 0. The van der Waals surface area contributed by atoms with Gasteiger partial charge in [0.25, 0.3) is 0 Å². The number of aromatic nitrogens is 1. The highest BCUT2D eigenvalue weighted by Crippen LogP contribution is 2.29. The third-order valence-corrected chi connectivity index (χ3v) is 7.37. The summed E-state index contributed by atoms with van der Waals surface area (Å²) in [5.41, 5.74) is 8.34. The molecule has 0 bridgehead atoms. The van der Waals surface area contributed by atoms with Gasteiger partial charge in [0, 0.05) is 42.7 Å². The van der Waals surface area contributed by atoms with Crippen LogP contribution in [0.25, 0.3) is 10.9 Å².